The van der Waals surface area contributed by atoms with Gasteiger partial charge in [-0.15, -0.1) is 0 Å². The Morgan fingerprint density at radius 1 is 0.692 bits per heavy atom. The molecule has 0 bridgehead atoms. The number of rotatable bonds is 12. The highest BCUT2D eigenvalue weighted by Gasteiger charge is 2.19. The minimum absolute atomic E-state index is 0.0193. The second kappa shape index (κ2) is 15.4. The van der Waals surface area contributed by atoms with Crippen molar-refractivity contribution in [2.24, 2.45) is 0 Å². The molecule has 10 heteroatoms. The Morgan fingerprint density at radius 3 is 1.98 bits per heavy atom. The van der Waals surface area contributed by atoms with Crippen LogP contribution in [0.4, 0.5) is 17.1 Å². The maximum Gasteiger partial charge on any atom is 0.335 e. The van der Waals surface area contributed by atoms with Crippen molar-refractivity contribution in [3.63, 3.8) is 0 Å². The molecule has 0 atom stereocenters. The first-order valence-electron chi connectivity index (χ1n) is 16.6. The van der Waals surface area contributed by atoms with Gasteiger partial charge in [0.25, 0.3) is 11.8 Å². The first kappa shape index (κ1) is 35.0. The van der Waals surface area contributed by atoms with Crippen LogP contribution in [0.5, 0.6) is 23.0 Å². The molecule has 0 saturated carbocycles. The van der Waals surface area contributed by atoms with E-state index < -0.39 is 17.8 Å². The molecule has 0 radical (unpaired) electrons. The monoisotopic (exact) mass is 695 g/mol. The molecule has 0 unspecified atom stereocenters. The number of carboxylic acid groups (broad SMARTS) is 1. The molecular weight excluding hydrogens is 658 g/mol. The van der Waals surface area contributed by atoms with Gasteiger partial charge in [0.05, 0.1) is 28.7 Å². The highest BCUT2D eigenvalue weighted by Crippen LogP contribution is 2.38. The largest absolute Gasteiger partial charge is 0.489 e. The zero-order chi connectivity index (χ0) is 36.8. The molecular formula is C42H37N3O7. The Bertz CT molecular complexity index is 2290. The predicted molar refractivity (Wildman–Crippen MR) is 202 cm³/mol. The van der Waals surface area contributed by atoms with E-state index in [-0.39, 0.29) is 35.3 Å². The third kappa shape index (κ3) is 8.14. The molecule has 6 aromatic carbocycles. The van der Waals surface area contributed by atoms with E-state index in [1.807, 2.05) is 73.7 Å². The van der Waals surface area contributed by atoms with Gasteiger partial charge in [-0.2, -0.15) is 0 Å². The number of carboxylic acids is 1. The minimum Gasteiger partial charge on any atom is -0.489 e. The zero-order valence-electron chi connectivity index (χ0n) is 28.8. The van der Waals surface area contributed by atoms with E-state index in [0.717, 1.165) is 21.9 Å². The van der Waals surface area contributed by atoms with Gasteiger partial charge in [-0.25, -0.2) is 4.79 Å². The van der Waals surface area contributed by atoms with Crippen LogP contribution < -0.4 is 30.6 Å². The fourth-order valence-corrected chi connectivity index (χ4v) is 5.48. The van der Waals surface area contributed by atoms with Crippen molar-refractivity contribution in [3.05, 3.63) is 149 Å². The summed E-state index contributed by atoms with van der Waals surface area (Å²) in [4.78, 5) is 39.0. The lowest BCUT2D eigenvalue weighted by Gasteiger charge is -2.18. The number of anilines is 3. The summed E-state index contributed by atoms with van der Waals surface area (Å²) in [5.74, 6) is -0.717. The van der Waals surface area contributed by atoms with Gasteiger partial charge >= 0.3 is 5.97 Å². The normalized spacial score (nSPS) is 10.8. The lowest BCUT2D eigenvalue weighted by atomic mass is 10.1. The number of nitrogens with two attached hydrogens (primary N) is 1. The van der Waals surface area contributed by atoms with E-state index in [2.05, 4.69) is 10.6 Å². The van der Waals surface area contributed by atoms with Crippen molar-refractivity contribution < 1.29 is 33.7 Å². The number of nitrogen functional groups attached to an aromatic ring is 1. The highest BCUT2D eigenvalue weighted by atomic mass is 16.5. The number of carbonyl (C=O) groups is 3. The van der Waals surface area contributed by atoms with Crippen LogP contribution in [0, 0.1) is 6.92 Å². The van der Waals surface area contributed by atoms with Crippen LogP contribution in [0.25, 0.3) is 10.8 Å². The van der Waals surface area contributed by atoms with E-state index >= 15 is 0 Å². The first-order chi connectivity index (χ1) is 25.0. The molecule has 0 spiro atoms. The predicted octanol–water partition coefficient (Wildman–Crippen LogP) is 9.09. The summed E-state index contributed by atoms with van der Waals surface area (Å²) in [5, 5.41) is 17.0. The molecule has 10 nitrogen and oxygen atoms in total. The number of carbonyl (C=O) groups excluding carboxylic acids is 2. The summed E-state index contributed by atoms with van der Waals surface area (Å²) < 4.78 is 18.3. The van der Waals surface area contributed by atoms with Gasteiger partial charge < -0.3 is 35.7 Å². The van der Waals surface area contributed by atoms with Crippen molar-refractivity contribution in [2.45, 2.75) is 33.5 Å². The molecule has 0 saturated heterocycles. The number of ether oxygens (including phenoxy) is 3. The van der Waals surface area contributed by atoms with Crippen LogP contribution in [0.1, 0.15) is 56.0 Å². The molecule has 0 fully saturated rings. The molecule has 6 aromatic rings. The van der Waals surface area contributed by atoms with E-state index in [4.69, 9.17) is 19.9 Å². The van der Waals surface area contributed by atoms with Crippen LogP contribution >= 0.6 is 0 Å². The van der Waals surface area contributed by atoms with E-state index in [1.165, 1.54) is 24.3 Å². The number of fused-ring (bicyclic) bond motifs is 1. The summed E-state index contributed by atoms with van der Waals surface area (Å²) in [5.41, 5.74) is 9.51. The second-order valence-corrected chi connectivity index (χ2v) is 12.4. The number of aromatic carboxylic acids is 1. The fraction of sp³-hybridized carbons (Fsp3) is 0.119. The van der Waals surface area contributed by atoms with Gasteiger partial charge in [-0.05, 0) is 91.9 Å². The van der Waals surface area contributed by atoms with Gasteiger partial charge in [-0.1, -0.05) is 66.7 Å². The SMILES string of the molecule is Cc1ccc2ccccc2c1Oc1cc(C(=O)Nc2ccc(C(=O)O)cc2OC(C)C)ccc1NC(=O)c1ccc(N)c(OCc2ccccc2)c1. The van der Waals surface area contributed by atoms with Crippen molar-refractivity contribution in [2.75, 3.05) is 16.4 Å². The van der Waals surface area contributed by atoms with Crippen molar-refractivity contribution >= 4 is 45.6 Å². The lowest BCUT2D eigenvalue weighted by molar-refractivity contribution is 0.0695. The number of aryl methyl sites for hydroxylation is 1. The molecule has 262 valence electrons. The topological polar surface area (TPSA) is 149 Å². The molecule has 0 aliphatic heterocycles. The van der Waals surface area contributed by atoms with Gasteiger partial charge in [-0.3, -0.25) is 9.59 Å². The number of amides is 2. The number of nitrogens with one attached hydrogen (secondary N) is 2. The zero-order valence-corrected chi connectivity index (χ0v) is 28.8. The second-order valence-electron chi connectivity index (χ2n) is 12.4. The van der Waals surface area contributed by atoms with Gasteiger partial charge in [0.1, 0.15) is 23.9 Å². The number of hydrogen-bond acceptors (Lipinski definition) is 7. The summed E-state index contributed by atoms with van der Waals surface area (Å²) in [6.45, 7) is 5.79. The molecule has 0 aliphatic rings. The number of benzene rings is 6. The van der Waals surface area contributed by atoms with Crippen LogP contribution in [-0.2, 0) is 6.61 Å². The molecule has 5 N–H and O–H groups in total. The maximum atomic E-state index is 13.7. The summed E-state index contributed by atoms with van der Waals surface area (Å²) >= 11 is 0. The van der Waals surface area contributed by atoms with Crippen LogP contribution in [0.2, 0.25) is 0 Å². The Morgan fingerprint density at radius 2 is 1.29 bits per heavy atom. The van der Waals surface area contributed by atoms with Crippen LogP contribution in [0.3, 0.4) is 0 Å². The Labute approximate surface area is 300 Å². The summed E-state index contributed by atoms with van der Waals surface area (Å²) in [7, 11) is 0. The summed E-state index contributed by atoms with van der Waals surface area (Å²) in [6.07, 6.45) is -0.279. The molecule has 0 aromatic heterocycles. The third-order valence-corrected chi connectivity index (χ3v) is 8.13. The van der Waals surface area contributed by atoms with Gasteiger partial charge in [0.2, 0.25) is 0 Å². The van der Waals surface area contributed by atoms with Gasteiger partial charge in [0.15, 0.2) is 5.75 Å². The average Bonchev–Trinajstić information content (AvgIpc) is 3.13. The Hall–Kier alpha value is -6.81. The average molecular weight is 696 g/mol. The van der Waals surface area contributed by atoms with E-state index in [9.17, 15) is 19.5 Å². The van der Waals surface area contributed by atoms with Gasteiger partial charge in [0, 0.05) is 16.5 Å². The van der Waals surface area contributed by atoms with Crippen molar-refractivity contribution in [1.29, 1.82) is 0 Å². The molecule has 52 heavy (non-hydrogen) atoms. The highest BCUT2D eigenvalue weighted by molar-refractivity contribution is 6.08. The molecule has 6 rings (SSSR count). The molecule has 0 heterocycles. The smallest absolute Gasteiger partial charge is 0.335 e. The van der Waals surface area contributed by atoms with Crippen LogP contribution in [-0.4, -0.2) is 29.0 Å². The maximum absolute atomic E-state index is 13.7. The standard InChI is InChI=1S/C42H37N3O7/c1-25(2)51-37-23-31(42(48)49)17-20-34(37)44-41(47)30-16-19-35(38(22-30)52-39-26(3)13-14-28-11-7-8-12-32(28)39)45-40(46)29-15-18-33(43)36(21-29)50-24-27-9-5-4-6-10-27/h4-23,25H,24,43H2,1-3H3,(H,44,47)(H,45,46)(H,48,49). The quantitative estimate of drug-likeness (QED) is 0.0927. The molecule has 2 amide bonds. The fourth-order valence-electron chi connectivity index (χ4n) is 5.48. The Balaban J connectivity index is 1.33. The Kier molecular flexibility index (Phi) is 10.4. The van der Waals surface area contributed by atoms with Crippen molar-refractivity contribution in [3.8, 4) is 23.0 Å². The number of hydrogen-bond donors (Lipinski definition) is 4. The first-order valence-corrected chi connectivity index (χ1v) is 16.6. The van der Waals surface area contributed by atoms with Crippen molar-refractivity contribution in [1.82, 2.24) is 0 Å². The minimum atomic E-state index is -1.12. The van der Waals surface area contributed by atoms with E-state index in [1.54, 1.807) is 44.2 Å². The van der Waals surface area contributed by atoms with Crippen LogP contribution in [0.15, 0.2) is 121 Å². The third-order valence-electron chi connectivity index (χ3n) is 8.13. The molecule has 0 aliphatic carbocycles. The summed E-state index contributed by atoms with van der Waals surface area (Å²) in [6, 6.07) is 35.0. The lowest BCUT2D eigenvalue weighted by Crippen LogP contribution is -2.16. The van der Waals surface area contributed by atoms with E-state index in [0.29, 0.717) is 34.1 Å².